The monoisotopic (exact) mass is 980 g/mol. The largest absolute Gasteiger partial charge is 0.497 e. The first-order valence-corrected chi connectivity index (χ1v) is 23.1. The summed E-state index contributed by atoms with van der Waals surface area (Å²) in [6.45, 7) is 2.95. The molecule has 0 fully saturated rings. The molecule has 1 N–H and O–H groups in total. The molecule has 2 aromatic heterocycles. The van der Waals surface area contributed by atoms with Gasteiger partial charge in [-0.1, -0.05) is 22.7 Å². The van der Waals surface area contributed by atoms with Crippen molar-refractivity contribution in [3.63, 3.8) is 0 Å². The van der Waals surface area contributed by atoms with Crippen LogP contribution in [-0.2, 0) is 38.9 Å². The second-order valence-electron chi connectivity index (χ2n) is 13.5. The molecule has 0 unspecified atom stereocenters. The number of sulfonamides is 2. The number of methoxy groups -OCH3 is 2. The van der Waals surface area contributed by atoms with E-state index in [4.69, 9.17) is 18.9 Å². The molecule has 0 aliphatic carbocycles. The Kier molecular flexibility index (Phi) is 14.5. The molecule has 0 bridgehead atoms. The number of nitrogens with zero attached hydrogens (tertiary/aromatic N) is 5. The molecule has 0 saturated carbocycles. The van der Waals surface area contributed by atoms with Crippen molar-refractivity contribution in [2.45, 2.75) is 42.5 Å². The van der Waals surface area contributed by atoms with Gasteiger partial charge in [-0.2, -0.15) is 26.3 Å². The van der Waals surface area contributed by atoms with Crippen LogP contribution in [0.4, 0.5) is 36.6 Å². The van der Waals surface area contributed by atoms with Crippen molar-refractivity contribution in [2.75, 3.05) is 23.2 Å². The van der Waals surface area contributed by atoms with Crippen LogP contribution < -0.4 is 28.0 Å². The lowest BCUT2D eigenvalue weighted by Gasteiger charge is -2.22. The summed E-state index contributed by atoms with van der Waals surface area (Å²) in [5, 5.41) is 15.1. The van der Waals surface area contributed by atoms with Crippen LogP contribution in [0.25, 0.3) is 0 Å². The first-order valence-electron chi connectivity index (χ1n) is 18.4. The molecule has 0 saturated heterocycles. The number of aromatic nitrogens is 4. The number of benzene rings is 5. The number of anilines is 2. The smallest absolute Gasteiger partial charge is 0.416 e. The van der Waals surface area contributed by atoms with Crippen molar-refractivity contribution >= 4 is 53.0 Å². The van der Waals surface area contributed by atoms with E-state index in [1.165, 1.54) is 99.8 Å². The van der Waals surface area contributed by atoms with Crippen LogP contribution >= 0.6 is 22.7 Å². The highest BCUT2D eigenvalue weighted by Crippen LogP contribution is 2.37. The Hall–Kier alpha value is -6.50. The van der Waals surface area contributed by atoms with Crippen LogP contribution in [-0.4, -0.2) is 51.4 Å². The highest BCUT2D eigenvalue weighted by atomic mass is 32.2. The van der Waals surface area contributed by atoms with E-state index < -0.39 is 43.5 Å². The molecular formula is C41H34F6N6O8S4. The Balaban J connectivity index is 0.000000228. The zero-order chi connectivity index (χ0) is 47.2. The molecular weight excluding hydrogens is 947 g/mol. The van der Waals surface area contributed by atoms with Gasteiger partial charge in [0.15, 0.2) is 0 Å². The molecule has 7 rings (SSSR count). The van der Waals surface area contributed by atoms with Crippen LogP contribution in [0.15, 0.2) is 124 Å². The molecule has 7 aromatic rings. The minimum absolute atomic E-state index is 0.00455. The lowest BCUT2D eigenvalue weighted by atomic mass is 10.1. The van der Waals surface area contributed by atoms with Gasteiger partial charge in [0.1, 0.15) is 45.5 Å². The van der Waals surface area contributed by atoms with E-state index in [0.29, 0.717) is 28.2 Å². The third-order valence-electron chi connectivity index (χ3n) is 8.73. The van der Waals surface area contributed by atoms with Crippen LogP contribution in [0.5, 0.6) is 34.5 Å². The van der Waals surface area contributed by atoms with E-state index in [2.05, 4.69) is 25.1 Å². The molecule has 0 spiro atoms. The molecule has 0 radical (unpaired) electrons. The fourth-order valence-corrected chi connectivity index (χ4v) is 9.63. The second-order valence-corrected chi connectivity index (χ2v) is 18.7. The van der Waals surface area contributed by atoms with E-state index in [9.17, 15) is 43.2 Å². The molecule has 0 atom stereocenters. The second kappa shape index (κ2) is 19.7. The number of ether oxygens (including phenoxy) is 4. The predicted octanol–water partition coefficient (Wildman–Crippen LogP) is 10.5. The average Bonchev–Trinajstić information content (AvgIpc) is 3.98. The lowest BCUT2D eigenvalue weighted by molar-refractivity contribution is -0.138. The molecule has 0 aliphatic heterocycles. The number of aryl methyl sites for hydroxylation is 2. The average molecular weight is 981 g/mol. The van der Waals surface area contributed by atoms with Crippen molar-refractivity contribution in [3.8, 4) is 34.5 Å². The Bertz CT molecular complexity index is 2940. The van der Waals surface area contributed by atoms with E-state index in [-0.39, 0.29) is 49.6 Å². The number of rotatable bonds is 14. The highest BCUT2D eigenvalue weighted by Gasteiger charge is 2.33. The molecule has 5 aromatic carbocycles. The number of nitrogens with one attached hydrogen (secondary N) is 1. The maximum absolute atomic E-state index is 13.7. The van der Waals surface area contributed by atoms with Gasteiger partial charge in [0.25, 0.3) is 20.0 Å². The first-order chi connectivity index (χ1) is 30.6. The third kappa shape index (κ3) is 12.4. The Labute approximate surface area is 376 Å². The van der Waals surface area contributed by atoms with E-state index in [1.54, 1.807) is 18.2 Å². The standard InChI is InChI=1S/C25H22F3N3O5S2.C16H12F3N3O3S2/c1-16-10-18(25(26,27)28)12-21(11-16)36-19-6-8-22(9-7-19)38(32,33)31(24-30-29-15-37-24)14-17-4-5-20(34-2)13-23(17)35-3;1-10-6-11(16(17,18)19)8-13(7-10)25-12-2-4-14(5-3-12)27(23,24)22-15-21-20-9-26-15/h4-13,15H,14H2,1-3H3;2-9H,1H3,(H,21,22). The van der Waals surface area contributed by atoms with Crippen molar-refractivity contribution in [3.05, 3.63) is 142 Å². The summed E-state index contributed by atoms with van der Waals surface area (Å²) in [4.78, 5) is -0.127. The predicted molar refractivity (Wildman–Crippen MR) is 229 cm³/mol. The fourth-order valence-electron chi connectivity index (χ4n) is 5.77. The van der Waals surface area contributed by atoms with Crippen LogP contribution in [0.2, 0.25) is 0 Å². The summed E-state index contributed by atoms with van der Waals surface area (Å²) in [6, 6.07) is 22.3. The molecule has 65 heavy (non-hydrogen) atoms. The van der Waals surface area contributed by atoms with Crippen LogP contribution in [0, 0.1) is 13.8 Å². The normalized spacial score (nSPS) is 11.8. The van der Waals surface area contributed by atoms with Gasteiger partial charge in [-0.05, 0) is 122 Å². The molecule has 2 heterocycles. The first kappa shape index (κ1) is 48.0. The summed E-state index contributed by atoms with van der Waals surface area (Å²) in [7, 11) is -5.01. The van der Waals surface area contributed by atoms with Crippen molar-refractivity contribution in [2.24, 2.45) is 0 Å². The SMILES string of the molecule is COc1ccc(CN(c2nncs2)S(=O)(=O)c2ccc(Oc3cc(C)cc(C(F)(F)F)c3)cc2)c(OC)c1.Cc1cc(Oc2ccc(S(=O)(=O)Nc3nncs3)cc2)cc(C(F)(F)F)c1. The molecule has 14 nitrogen and oxygen atoms in total. The van der Waals surface area contributed by atoms with E-state index >= 15 is 0 Å². The maximum atomic E-state index is 13.7. The van der Waals surface area contributed by atoms with Gasteiger partial charge in [-0.15, -0.1) is 20.4 Å². The van der Waals surface area contributed by atoms with Crippen LogP contribution in [0.1, 0.15) is 27.8 Å². The summed E-state index contributed by atoms with van der Waals surface area (Å²) < 4.78 is 155. The molecule has 24 heteroatoms. The molecule has 0 aliphatic rings. The van der Waals surface area contributed by atoms with Crippen LogP contribution in [0.3, 0.4) is 0 Å². The Morgan fingerprint density at radius 2 is 1.11 bits per heavy atom. The minimum Gasteiger partial charge on any atom is -0.497 e. The zero-order valence-electron chi connectivity index (χ0n) is 34.1. The van der Waals surface area contributed by atoms with Gasteiger partial charge in [0.05, 0.1) is 41.7 Å². The zero-order valence-corrected chi connectivity index (χ0v) is 37.3. The Morgan fingerprint density at radius 1 is 0.600 bits per heavy atom. The third-order valence-corrected chi connectivity index (χ3v) is 13.4. The van der Waals surface area contributed by atoms with Crippen molar-refractivity contribution in [1.29, 1.82) is 0 Å². The van der Waals surface area contributed by atoms with Gasteiger partial charge in [-0.3, -0.25) is 4.72 Å². The van der Waals surface area contributed by atoms with Gasteiger partial charge in [0.2, 0.25) is 10.3 Å². The van der Waals surface area contributed by atoms with Gasteiger partial charge in [0, 0.05) is 11.6 Å². The van der Waals surface area contributed by atoms with Gasteiger partial charge < -0.3 is 18.9 Å². The van der Waals surface area contributed by atoms with Crippen molar-refractivity contribution in [1.82, 2.24) is 20.4 Å². The molecule has 0 amide bonds. The summed E-state index contributed by atoms with van der Waals surface area (Å²) in [5.41, 5.74) is 2.46. The topological polar surface area (TPSA) is 172 Å². The maximum Gasteiger partial charge on any atom is 0.416 e. The quantitative estimate of drug-likeness (QED) is 0.102. The van der Waals surface area contributed by atoms with E-state index in [0.717, 1.165) is 51.2 Å². The summed E-state index contributed by atoms with van der Waals surface area (Å²) in [6.07, 6.45) is -9.01. The number of hydrogen-bond acceptors (Lipinski definition) is 14. The molecule has 342 valence electrons. The highest BCUT2D eigenvalue weighted by molar-refractivity contribution is 7.93. The number of alkyl halides is 6. The summed E-state index contributed by atoms with van der Waals surface area (Å²) >= 11 is 2.07. The minimum atomic E-state index is -4.53. The van der Waals surface area contributed by atoms with E-state index in [1.807, 2.05) is 0 Å². The van der Waals surface area contributed by atoms with Crippen molar-refractivity contribution < 1.29 is 62.1 Å². The Morgan fingerprint density at radius 3 is 1.57 bits per heavy atom. The van der Waals surface area contributed by atoms with Gasteiger partial charge in [-0.25, -0.2) is 21.1 Å². The lowest BCUT2D eigenvalue weighted by Crippen LogP contribution is -2.30. The number of hydrogen-bond donors (Lipinski definition) is 1. The van der Waals surface area contributed by atoms with Gasteiger partial charge >= 0.3 is 12.4 Å². The fraction of sp³-hybridized carbons (Fsp3) is 0.171. The number of halogens is 6. The summed E-state index contributed by atoms with van der Waals surface area (Å²) in [5.74, 6) is 1.32.